The molecule has 0 aliphatic carbocycles. The van der Waals surface area contributed by atoms with Gasteiger partial charge in [0.1, 0.15) is 5.75 Å². The average molecular weight is 410 g/mol. The first-order chi connectivity index (χ1) is 14.6. The number of methoxy groups -OCH3 is 1. The third kappa shape index (κ3) is 5.85. The monoisotopic (exact) mass is 409 g/mol. The lowest BCUT2D eigenvalue weighted by molar-refractivity contribution is 0.414. The molecule has 0 aliphatic heterocycles. The van der Waals surface area contributed by atoms with Crippen molar-refractivity contribution in [2.45, 2.75) is 40.3 Å². The van der Waals surface area contributed by atoms with Gasteiger partial charge >= 0.3 is 0 Å². The Morgan fingerprint density at radius 2 is 1.90 bits per heavy atom. The molecule has 0 spiro atoms. The largest absolute Gasteiger partial charge is 0.497 e. The van der Waals surface area contributed by atoms with Crippen LogP contribution in [-0.2, 0) is 13.1 Å². The van der Waals surface area contributed by atoms with Gasteiger partial charge in [-0.1, -0.05) is 0 Å². The van der Waals surface area contributed by atoms with E-state index >= 15 is 0 Å². The number of aliphatic imine (C=N–C) groups is 1. The Bertz CT molecular complexity index is 956. The number of nitrogens with one attached hydrogen (secondary N) is 2. The number of benzene rings is 1. The van der Waals surface area contributed by atoms with Crippen molar-refractivity contribution in [1.29, 1.82) is 0 Å². The van der Waals surface area contributed by atoms with Gasteiger partial charge in [-0.2, -0.15) is 10.2 Å². The molecule has 0 fully saturated rings. The second-order valence-corrected chi connectivity index (χ2v) is 7.08. The van der Waals surface area contributed by atoms with Crippen LogP contribution in [0.2, 0.25) is 0 Å². The molecule has 3 aromatic rings. The molecule has 2 N–H and O–H groups in total. The smallest absolute Gasteiger partial charge is 0.191 e. The minimum atomic E-state index is 0.510. The van der Waals surface area contributed by atoms with Gasteiger partial charge in [-0.05, 0) is 63.6 Å². The van der Waals surface area contributed by atoms with Crippen LogP contribution in [0.1, 0.15) is 30.4 Å². The van der Waals surface area contributed by atoms with E-state index in [2.05, 4.69) is 45.7 Å². The van der Waals surface area contributed by atoms with Gasteiger partial charge in [-0.15, -0.1) is 0 Å². The van der Waals surface area contributed by atoms with Crippen LogP contribution in [0.5, 0.6) is 5.75 Å². The number of ether oxygens (including phenoxy) is 1. The Labute approximate surface area is 178 Å². The Balaban J connectivity index is 1.52. The summed E-state index contributed by atoms with van der Waals surface area (Å²) in [6, 6.07) is 11.9. The van der Waals surface area contributed by atoms with Crippen LogP contribution in [0, 0.1) is 13.8 Å². The van der Waals surface area contributed by atoms with Crippen LogP contribution in [-0.4, -0.2) is 45.7 Å². The SMILES string of the molecule is CCNC(=NCc1ccn(-c2ccc(OC)cc2)n1)NCCCn1nc(C)cc1C. The van der Waals surface area contributed by atoms with Crippen molar-refractivity contribution in [3.63, 3.8) is 0 Å². The van der Waals surface area contributed by atoms with Crippen LogP contribution in [0.25, 0.3) is 5.69 Å². The van der Waals surface area contributed by atoms with Crippen LogP contribution in [0.4, 0.5) is 0 Å². The molecule has 2 aromatic heterocycles. The molecule has 8 heteroatoms. The first-order valence-electron chi connectivity index (χ1n) is 10.3. The predicted octanol–water partition coefficient (Wildman–Crippen LogP) is 2.84. The predicted molar refractivity (Wildman–Crippen MR) is 119 cm³/mol. The molecule has 0 saturated heterocycles. The molecule has 0 saturated carbocycles. The number of nitrogens with zero attached hydrogens (tertiary/aromatic N) is 5. The lowest BCUT2D eigenvalue weighted by Gasteiger charge is -2.11. The molecule has 0 bridgehead atoms. The third-order valence-corrected chi connectivity index (χ3v) is 4.67. The molecule has 0 aliphatic rings. The van der Waals surface area contributed by atoms with Gasteiger partial charge in [0, 0.05) is 31.5 Å². The molecule has 30 heavy (non-hydrogen) atoms. The highest BCUT2D eigenvalue weighted by molar-refractivity contribution is 5.79. The first kappa shape index (κ1) is 21.4. The van der Waals surface area contributed by atoms with Crippen LogP contribution in [0.15, 0.2) is 47.6 Å². The Morgan fingerprint density at radius 1 is 1.10 bits per heavy atom. The molecule has 160 valence electrons. The highest BCUT2D eigenvalue weighted by atomic mass is 16.5. The summed E-state index contributed by atoms with van der Waals surface area (Å²) in [4.78, 5) is 4.66. The van der Waals surface area contributed by atoms with Gasteiger partial charge in [-0.25, -0.2) is 9.67 Å². The molecule has 0 amide bonds. The van der Waals surface area contributed by atoms with Crippen molar-refractivity contribution in [3.05, 3.63) is 59.7 Å². The molecule has 8 nitrogen and oxygen atoms in total. The Hall–Kier alpha value is -3.29. The maximum Gasteiger partial charge on any atom is 0.191 e. The summed E-state index contributed by atoms with van der Waals surface area (Å²) >= 11 is 0. The lowest BCUT2D eigenvalue weighted by Crippen LogP contribution is -2.38. The maximum atomic E-state index is 5.20. The number of rotatable bonds is 9. The Morgan fingerprint density at radius 3 is 2.57 bits per heavy atom. The van der Waals surface area contributed by atoms with Gasteiger partial charge in [-0.3, -0.25) is 4.68 Å². The van der Waals surface area contributed by atoms with Crippen molar-refractivity contribution in [3.8, 4) is 11.4 Å². The van der Waals surface area contributed by atoms with Crippen molar-refractivity contribution in [2.24, 2.45) is 4.99 Å². The number of aromatic nitrogens is 4. The molecule has 3 rings (SSSR count). The van der Waals surface area contributed by atoms with E-state index in [0.29, 0.717) is 6.54 Å². The maximum absolute atomic E-state index is 5.20. The first-order valence-corrected chi connectivity index (χ1v) is 10.3. The summed E-state index contributed by atoms with van der Waals surface area (Å²) in [6.07, 6.45) is 2.92. The molecule has 0 unspecified atom stereocenters. The van der Waals surface area contributed by atoms with E-state index < -0.39 is 0 Å². The van der Waals surface area contributed by atoms with Crippen LogP contribution >= 0.6 is 0 Å². The quantitative estimate of drug-likeness (QED) is 0.323. The average Bonchev–Trinajstić information content (AvgIpc) is 3.35. The van der Waals surface area contributed by atoms with Gasteiger partial charge in [0.25, 0.3) is 0 Å². The van der Waals surface area contributed by atoms with Crippen molar-refractivity contribution >= 4 is 5.96 Å². The lowest BCUT2D eigenvalue weighted by atomic mass is 10.3. The van der Waals surface area contributed by atoms with E-state index in [1.165, 1.54) is 5.69 Å². The van der Waals surface area contributed by atoms with E-state index in [9.17, 15) is 0 Å². The number of hydrogen-bond acceptors (Lipinski definition) is 4. The summed E-state index contributed by atoms with van der Waals surface area (Å²) in [7, 11) is 1.66. The molecular weight excluding hydrogens is 378 g/mol. The van der Waals surface area contributed by atoms with Gasteiger partial charge in [0.15, 0.2) is 5.96 Å². The summed E-state index contributed by atoms with van der Waals surface area (Å²) in [5.41, 5.74) is 4.15. The van der Waals surface area contributed by atoms with Crippen molar-refractivity contribution in [2.75, 3.05) is 20.2 Å². The molecule has 1 aromatic carbocycles. The highest BCUT2D eigenvalue weighted by Crippen LogP contribution is 2.14. The fourth-order valence-electron chi connectivity index (χ4n) is 3.16. The molecule has 0 atom stereocenters. The molecular formula is C22H31N7O. The normalized spacial score (nSPS) is 11.5. The minimum absolute atomic E-state index is 0.510. The number of hydrogen-bond donors (Lipinski definition) is 2. The second-order valence-electron chi connectivity index (χ2n) is 7.08. The summed E-state index contributed by atoms with van der Waals surface area (Å²) in [5, 5.41) is 15.8. The van der Waals surface area contributed by atoms with E-state index in [1.54, 1.807) is 7.11 Å². The topological polar surface area (TPSA) is 81.3 Å². The van der Waals surface area contributed by atoms with Crippen molar-refractivity contribution < 1.29 is 4.74 Å². The molecule has 2 heterocycles. The van der Waals surface area contributed by atoms with Gasteiger partial charge < -0.3 is 15.4 Å². The van der Waals surface area contributed by atoms with Gasteiger partial charge in [0.2, 0.25) is 0 Å². The third-order valence-electron chi connectivity index (χ3n) is 4.67. The highest BCUT2D eigenvalue weighted by Gasteiger charge is 2.04. The fraction of sp³-hybridized carbons (Fsp3) is 0.409. The van der Waals surface area contributed by atoms with Crippen LogP contribution < -0.4 is 15.4 Å². The number of aryl methyl sites for hydroxylation is 3. The zero-order chi connectivity index (χ0) is 21.3. The zero-order valence-electron chi connectivity index (χ0n) is 18.2. The summed E-state index contributed by atoms with van der Waals surface area (Å²) < 4.78 is 9.10. The standard InChI is InChI=1S/C22H31N7O/c1-5-23-22(24-12-6-13-28-18(3)15-17(2)26-28)25-16-19-11-14-29(27-19)20-7-9-21(30-4)10-8-20/h7-11,14-15H,5-6,12-13,16H2,1-4H3,(H2,23,24,25). The molecule has 0 radical (unpaired) electrons. The van der Waals surface area contributed by atoms with E-state index in [-0.39, 0.29) is 0 Å². The second kappa shape index (κ2) is 10.5. The number of guanidine groups is 1. The van der Waals surface area contributed by atoms with Crippen LogP contribution in [0.3, 0.4) is 0 Å². The summed E-state index contributed by atoms with van der Waals surface area (Å²) in [6.45, 7) is 9.20. The zero-order valence-corrected chi connectivity index (χ0v) is 18.2. The minimum Gasteiger partial charge on any atom is -0.497 e. The fourth-order valence-corrected chi connectivity index (χ4v) is 3.16. The Kier molecular flexibility index (Phi) is 7.48. The van der Waals surface area contributed by atoms with E-state index in [4.69, 9.17) is 4.74 Å². The van der Waals surface area contributed by atoms with E-state index in [1.807, 2.05) is 52.8 Å². The summed E-state index contributed by atoms with van der Waals surface area (Å²) in [5.74, 6) is 1.62. The van der Waals surface area contributed by atoms with Crippen molar-refractivity contribution in [1.82, 2.24) is 30.2 Å². The van der Waals surface area contributed by atoms with E-state index in [0.717, 1.165) is 54.8 Å². The van der Waals surface area contributed by atoms with Gasteiger partial charge in [0.05, 0.1) is 30.7 Å².